The van der Waals surface area contributed by atoms with E-state index < -0.39 is 37.4 Å². The molecule has 0 radical (unpaired) electrons. The second kappa shape index (κ2) is 13.5. The zero-order valence-corrected chi connectivity index (χ0v) is 23.6. The lowest BCUT2D eigenvalue weighted by Gasteiger charge is -2.27. The molecule has 1 aliphatic carbocycles. The number of carbonyl (C=O) groups is 2. The number of nitrogens with two attached hydrogens (primary N) is 1. The number of carbonyl (C=O) groups excluding carboxylic acids is 2. The Hall–Kier alpha value is -2.60. The van der Waals surface area contributed by atoms with Gasteiger partial charge in [-0.3, -0.25) is 19.2 Å². The maximum Gasteiger partial charge on any atom is 0.323 e. The number of esters is 2. The summed E-state index contributed by atoms with van der Waals surface area (Å²) in [5, 5.41) is 5.83. The van der Waals surface area contributed by atoms with Crippen LogP contribution in [-0.4, -0.2) is 68.7 Å². The van der Waals surface area contributed by atoms with E-state index in [1.54, 1.807) is 38.6 Å². The highest BCUT2D eigenvalue weighted by Crippen LogP contribution is 2.38. The van der Waals surface area contributed by atoms with Gasteiger partial charge >= 0.3 is 11.9 Å². The van der Waals surface area contributed by atoms with Gasteiger partial charge in [0.25, 0.3) is 0 Å². The van der Waals surface area contributed by atoms with E-state index in [9.17, 15) is 14.2 Å². The van der Waals surface area contributed by atoms with E-state index in [2.05, 4.69) is 25.1 Å². The number of rotatable bonds is 14. The van der Waals surface area contributed by atoms with Crippen LogP contribution in [0.15, 0.2) is 12.7 Å². The molecule has 1 saturated carbocycles. The summed E-state index contributed by atoms with van der Waals surface area (Å²) in [7, 11) is -3.50. The van der Waals surface area contributed by atoms with Gasteiger partial charge in [-0.05, 0) is 53.4 Å². The number of anilines is 1. The molecule has 2 aromatic heterocycles. The SMILES string of the molecule is CC(C)OC(=O)[C@@H](C)CN[P@](=O)(CO[C@H](C)Cn1cnc2c(N)ncnc21)N[C@H](C)C(=O)OC1CCCC1. The van der Waals surface area contributed by atoms with Crippen molar-refractivity contribution >= 4 is 36.4 Å². The quantitative estimate of drug-likeness (QED) is 0.231. The minimum absolute atomic E-state index is 0.0698. The standard InChI is InChI=1S/C24H40N7O6P/c1-15(2)36-23(32)16(3)10-29-38(34,30-18(5)24(33)37-19-8-6-7-9-19)14-35-17(4)11-31-13-28-20-21(25)26-12-27-22(20)31/h12-13,15-19H,6-11,14H2,1-5H3,(H2,25,26,27)(H2,29,30,34)/t16-,17+,18+,38+/m0/s1. The number of nitrogen functional groups attached to an aromatic ring is 1. The summed E-state index contributed by atoms with van der Waals surface area (Å²) in [4.78, 5) is 37.3. The van der Waals surface area contributed by atoms with Crippen LogP contribution >= 0.6 is 7.44 Å². The molecule has 3 rings (SSSR count). The molecule has 1 aliphatic rings. The molecule has 1 fully saturated rings. The molecule has 2 heterocycles. The van der Waals surface area contributed by atoms with E-state index in [0.29, 0.717) is 17.7 Å². The lowest BCUT2D eigenvalue weighted by molar-refractivity contribution is -0.152. The fourth-order valence-corrected chi connectivity index (χ4v) is 6.10. The second-order valence-corrected chi connectivity index (χ2v) is 12.4. The average Bonchev–Trinajstić information content (AvgIpc) is 3.52. The van der Waals surface area contributed by atoms with Gasteiger partial charge in [-0.15, -0.1) is 0 Å². The predicted molar refractivity (Wildman–Crippen MR) is 142 cm³/mol. The van der Waals surface area contributed by atoms with E-state index >= 15 is 0 Å². The fraction of sp³-hybridized carbons (Fsp3) is 0.708. The molecule has 0 spiro atoms. The molecule has 38 heavy (non-hydrogen) atoms. The molecule has 4 N–H and O–H groups in total. The van der Waals surface area contributed by atoms with Gasteiger partial charge in [-0.1, -0.05) is 6.92 Å². The highest BCUT2D eigenvalue weighted by Gasteiger charge is 2.32. The third-order valence-electron chi connectivity index (χ3n) is 6.17. The number of hydrogen-bond donors (Lipinski definition) is 3. The van der Waals surface area contributed by atoms with Crippen molar-refractivity contribution in [3.05, 3.63) is 12.7 Å². The third-order valence-corrected chi connectivity index (χ3v) is 8.18. The average molecular weight is 554 g/mol. The number of hydrogen-bond acceptors (Lipinski definition) is 10. The molecule has 0 aliphatic heterocycles. The van der Waals surface area contributed by atoms with Gasteiger partial charge in [0.1, 0.15) is 30.3 Å². The van der Waals surface area contributed by atoms with Crippen molar-refractivity contribution < 1.29 is 28.4 Å². The van der Waals surface area contributed by atoms with Gasteiger partial charge in [0.05, 0.1) is 31.0 Å². The molecule has 13 nitrogen and oxygen atoms in total. The second-order valence-electron chi connectivity index (χ2n) is 10.1. The number of ether oxygens (including phenoxy) is 3. The first-order chi connectivity index (χ1) is 18.0. The van der Waals surface area contributed by atoms with Gasteiger partial charge < -0.3 is 24.5 Å². The van der Waals surface area contributed by atoms with Crippen LogP contribution in [-0.2, 0) is 34.9 Å². The molecule has 0 aromatic carbocycles. The Labute approximate surface area is 223 Å². The van der Waals surface area contributed by atoms with Crippen LogP contribution in [0.25, 0.3) is 11.2 Å². The van der Waals surface area contributed by atoms with Gasteiger partial charge in [0.15, 0.2) is 11.5 Å². The third kappa shape index (κ3) is 8.45. The highest BCUT2D eigenvalue weighted by atomic mass is 31.2. The topological polar surface area (TPSA) is 173 Å². The lowest BCUT2D eigenvalue weighted by Crippen LogP contribution is -2.41. The van der Waals surface area contributed by atoms with Crippen molar-refractivity contribution in [2.24, 2.45) is 5.92 Å². The molecular formula is C24H40N7O6P. The number of fused-ring (bicyclic) bond motifs is 1. The van der Waals surface area contributed by atoms with Crippen LogP contribution in [0.2, 0.25) is 0 Å². The van der Waals surface area contributed by atoms with E-state index in [4.69, 9.17) is 19.9 Å². The molecule has 2 aromatic rings. The monoisotopic (exact) mass is 553 g/mol. The molecule has 0 amide bonds. The molecule has 212 valence electrons. The number of nitrogens with one attached hydrogen (secondary N) is 2. The van der Waals surface area contributed by atoms with Crippen LogP contribution in [0.4, 0.5) is 5.82 Å². The lowest BCUT2D eigenvalue weighted by atomic mass is 10.2. The van der Waals surface area contributed by atoms with E-state index in [1.807, 2.05) is 6.92 Å². The van der Waals surface area contributed by atoms with Crippen molar-refractivity contribution in [1.29, 1.82) is 0 Å². The summed E-state index contributed by atoms with van der Waals surface area (Å²) in [6, 6.07) is -0.844. The minimum atomic E-state index is -3.50. The molecular weight excluding hydrogens is 513 g/mol. The molecule has 4 atom stereocenters. The summed E-state index contributed by atoms with van der Waals surface area (Å²) < 4.78 is 32.5. The zero-order chi connectivity index (χ0) is 27.9. The number of aromatic nitrogens is 4. The Kier molecular flexibility index (Phi) is 10.6. The minimum Gasteiger partial charge on any atom is -0.463 e. The Morgan fingerprint density at radius 2 is 1.84 bits per heavy atom. The zero-order valence-electron chi connectivity index (χ0n) is 22.8. The maximum absolute atomic E-state index is 13.9. The summed E-state index contributed by atoms with van der Waals surface area (Å²) in [6.45, 7) is 9.07. The highest BCUT2D eigenvalue weighted by molar-refractivity contribution is 7.59. The summed E-state index contributed by atoms with van der Waals surface area (Å²) in [5.41, 5.74) is 6.92. The van der Waals surface area contributed by atoms with Crippen LogP contribution in [0.1, 0.15) is 60.3 Å². The van der Waals surface area contributed by atoms with Crippen molar-refractivity contribution in [2.45, 2.75) is 91.2 Å². The van der Waals surface area contributed by atoms with Gasteiger partial charge in [-0.25, -0.2) is 20.0 Å². The molecule has 0 unspecified atom stereocenters. The Bertz CT molecular complexity index is 1140. The van der Waals surface area contributed by atoms with Gasteiger partial charge in [0, 0.05) is 6.54 Å². The van der Waals surface area contributed by atoms with Crippen LogP contribution < -0.4 is 15.9 Å². The van der Waals surface area contributed by atoms with Crippen LogP contribution in [0.5, 0.6) is 0 Å². The first-order valence-electron chi connectivity index (χ1n) is 13.0. The first-order valence-corrected chi connectivity index (χ1v) is 14.9. The number of imidazole rings is 1. The van der Waals surface area contributed by atoms with E-state index in [0.717, 1.165) is 25.7 Å². The summed E-state index contributed by atoms with van der Waals surface area (Å²) in [5.74, 6) is -1.16. The number of nitrogens with zero attached hydrogens (tertiary/aromatic N) is 4. The van der Waals surface area contributed by atoms with Crippen molar-refractivity contribution in [1.82, 2.24) is 29.7 Å². The Morgan fingerprint density at radius 3 is 2.53 bits per heavy atom. The molecule has 0 saturated heterocycles. The fourth-order valence-electron chi connectivity index (χ4n) is 4.08. The predicted octanol–water partition coefficient (Wildman–Crippen LogP) is 2.61. The summed E-state index contributed by atoms with van der Waals surface area (Å²) >= 11 is 0. The smallest absolute Gasteiger partial charge is 0.323 e. The van der Waals surface area contributed by atoms with Crippen molar-refractivity contribution in [3.8, 4) is 0 Å². The van der Waals surface area contributed by atoms with Crippen LogP contribution in [0.3, 0.4) is 0 Å². The van der Waals surface area contributed by atoms with Crippen molar-refractivity contribution in [3.63, 3.8) is 0 Å². The Morgan fingerprint density at radius 1 is 1.13 bits per heavy atom. The van der Waals surface area contributed by atoms with Crippen LogP contribution in [0, 0.1) is 5.92 Å². The van der Waals surface area contributed by atoms with E-state index in [1.165, 1.54) is 6.33 Å². The molecule has 0 bridgehead atoms. The maximum atomic E-state index is 13.9. The summed E-state index contributed by atoms with van der Waals surface area (Å²) in [6.07, 6.45) is 5.69. The van der Waals surface area contributed by atoms with Gasteiger partial charge in [-0.2, -0.15) is 0 Å². The van der Waals surface area contributed by atoms with Crippen molar-refractivity contribution in [2.75, 3.05) is 18.6 Å². The normalized spacial score (nSPS) is 18.3. The largest absolute Gasteiger partial charge is 0.463 e. The van der Waals surface area contributed by atoms with Gasteiger partial charge in [0.2, 0.25) is 7.44 Å². The molecule has 14 heteroatoms. The first kappa shape index (κ1) is 29.9. The van der Waals surface area contributed by atoms with E-state index in [-0.39, 0.29) is 30.9 Å². The Balaban J connectivity index is 1.64.